The van der Waals surface area contributed by atoms with Crippen LogP contribution in [0.2, 0.25) is 0 Å². The van der Waals surface area contributed by atoms with Crippen molar-refractivity contribution in [2.75, 3.05) is 6.61 Å². The summed E-state index contributed by atoms with van der Waals surface area (Å²) >= 11 is 0. The number of ether oxygens (including phenoxy) is 1. The Labute approximate surface area is 137 Å². The lowest BCUT2D eigenvalue weighted by Crippen LogP contribution is -2.04. The average molecular weight is 327 g/mol. The molecule has 1 heterocycles. The first-order chi connectivity index (χ1) is 11.6. The van der Waals surface area contributed by atoms with E-state index >= 15 is 0 Å². The van der Waals surface area contributed by atoms with Gasteiger partial charge in [-0.15, -0.1) is 0 Å². The van der Waals surface area contributed by atoms with E-state index in [1.807, 2.05) is 0 Å². The van der Waals surface area contributed by atoms with Crippen LogP contribution in [-0.2, 0) is 4.74 Å². The maximum Gasteiger partial charge on any atom is 0.340 e. The molecule has 1 aromatic heterocycles. The Bertz CT molecular complexity index is 852. The highest BCUT2D eigenvalue weighted by Crippen LogP contribution is 2.30. The Morgan fingerprint density at radius 2 is 1.50 bits per heavy atom. The van der Waals surface area contributed by atoms with Gasteiger partial charge in [-0.3, -0.25) is 0 Å². The largest absolute Gasteiger partial charge is 0.462 e. The average Bonchev–Trinajstić information content (AvgIpc) is 3.02. The third-order valence-electron chi connectivity index (χ3n) is 3.60. The molecule has 0 bridgehead atoms. The predicted molar refractivity (Wildman–Crippen MR) is 87.5 cm³/mol. The number of esters is 1. The summed E-state index contributed by atoms with van der Waals surface area (Å²) < 4.78 is 31.3. The quantitative estimate of drug-likeness (QED) is 0.699. The lowest BCUT2D eigenvalue weighted by molar-refractivity contribution is 0.0527. The first-order valence-corrected chi connectivity index (χ1v) is 7.50. The molecule has 0 saturated carbocycles. The minimum atomic E-state index is -0.471. The number of rotatable bonds is 4. The van der Waals surface area contributed by atoms with Gasteiger partial charge in [0.05, 0.1) is 17.9 Å². The van der Waals surface area contributed by atoms with Gasteiger partial charge in [-0.05, 0) is 72.6 Å². The lowest BCUT2D eigenvalue weighted by Gasteiger charge is -2.04. The molecule has 2 aromatic carbocycles. The molecule has 3 aromatic rings. The van der Waals surface area contributed by atoms with E-state index in [4.69, 9.17) is 4.74 Å². The maximum atomic E-state index is 13.2. The molecule has 5 heteroatoms. The van der Waals surface area contributed by atoms with Crippen molar-refractivity contribution in [1.29, 1.82) is 0 Å². The van der Waals surface area contributed by atoms with Crippen LogP contribution in [0.25, 0.3) is 22.5 Å². The third-order valence-corrected chi connectivity index (χ3v) is 3.60. The number of hydrogen-bond acceptors (Lipinski definition) is 2. The van der Waals surface area contributed by atoms with E-state index in [0.717, 1.165) is 5.56 Å². The number of aromatic amines is 1. The number of benzene rings is 2. The van der Waals surface area contributed by atoms with Gasteiger partial charge in [0, 0.05) is 5.69 Å². The van der Waals surface area contributed by atoms with Gasteiger partial charge in [-0.1, -0.05) is 0 Å². The van der Waals surface area contributed by atoms with Crippen molar-refractivity contribution in [1.82, 2.24) is 4.98 Å². The topological polar surface area (TPSA) is 42.1 Å². The molecule has 0 fully saturated rings. The zero-order valence-corrected chi connectivity index (χ0v) is 13.0. The van der Waals surface area contributed by atoms with Crippen LogP contribution in [0.5, 0.6) is 0 Å². The Hall–Kier alpha value is -2.95. The summed E-state index contributed by atoms with van der Waals surface area (Å²) in [5, 5.41) is 0. The summed E-state index contributed by atoms with van der Waals surface area (Å²) in [6.07, 6.45) is 0. The SMILES string of the molecule is CCOC(=O)c1cc(-c2ccc(F)cc2)[nH]c1-c1ccc(F)cc1. The molecule has 0 aliphatic carbocycles. The van der Waals surface area contributed by atoms with E-state index in [0.29, 0.717) is 22.5 Å². The summed E-state index contributed by atoms with van der Waals surface area (Å²) in [5.74, 6) is -1.17. The second-order valence-electron chi connectivity index (χ2n) is 5.21. The van der Waals surface area contributed by atoms with Gasteiger partial charge in [-0.2, -0.15) is 0 Å². The molecule has 3 nitrogen and oxygen atoms in total. The summed E-state index contributed by atoms with van der Waals surface area (Å²) in [6, 6.07) is 13.4. The van der Waals surface area contributed by atoms with Crippen molar-refractivity contribution in [3.05, 3.63) is 71.8 Å². The van der Waals surface area contributed by atoms with Crippen LogP contribution in [0.15, 0.2) is 54.6 Å². The van der Waals surface area contributed by atoms with Gasteiger partial charge in [0.1, 0.15) is 11.6 Å². The smallest absolute Gasteiger partial charge is 0.340 e. The molecule has 0 aliphatic heterocycles. The highest BCUT2D eigenvalue weighted by Gasteiger charge is 2.18. The normalized spacial score (nSPS) is 10.6. The molecule has 0 amide bonds. The monoisotopic (exact) mass is 327 g/mol. The Kier molecular flexibility index (Phi) is 4.42. The zero-order valence-electron chi connectivity index (χ0n) is 13.0. The Balaban J connectivity index is 2.10. The van der Waals surface area contributed by atoms with Gasteiger partial charge in [-0.25, -0.2) is 13.6 Å². The standard InChI is InChI=1S/C19H15F2NO2/c1-2-24-19(23)16-11-17(12-3-7-14(20)8-4-12)22-18(16)13-5-9-15(21)10-6-13/h3-11,22H,2H2,1H3. The van der Waals surface area contributed by atoms with E-state index in [-0.39, 0.29) is 18.2 Å². The highest BCUT2D eigenvalue weighted by molar-refractivity contribution is 5.98. The van der Waals surface area contributed by atoms with E-state index in [1.54, 1.807) is 37.3 Å². The van der Waals surface area contributed by atoms with E-state index < -0.39 is 5.97 Å². The maximum absolute atomic E-state index is 13.2. The van der Waals surface area contributed by atoms with E-state index in [1.165, 1.54) is 24.3 Å². The summed E-state index contributed by atoms with van der Waals surface area (Å²) in [7, 11) is 0. The minimum absolute atomic E-state index is 0.249. The van der Waals surface area contributed by atoms with Crippen LogP contribution in [-0.4, -0.2) is 17.6 Å². The highest BCUT2D eigenvalue weighted by atomic mass is 19.1. The van der Waals surface area contributed by atoms with Crippen molar-refractivity contribution in [3.63, 3.8) is 0 Å². The van der Waals surface area contributed by atoms with E-state index in [9.17, 15) is 13.6 Å². The van der Waals surface area contributed by atoms with Gasteiger partial charge >= 0.3 is 5.97 Å². The molecule has 0 aliphatic rings. The first kappa shape index (κ1) is 15.9. The van der Waals surface area contributed by atoms with Crippen LogP contribution >= 0.6 is 0 Å². The Morgan fingerprint density at radius 1 is 0.958 bits per heavy atom. The Morgan fingerprint density at radius 3 is 2.04 bits per heavy atom. The fraction of sp³-hybridized carbons (Fsp3) is 0.105. The van der Waals surface area contributed by atoms with Crippen molar-refractivity contribution < 1.29 is 18.3 Å². The summed E-state index contributed by atoms with van der Waals surface area (Å²) in [5.41, 5.74) is 2.93. The van der Waals surface area contributed by atoms with Crippen molar-refractivity contribution in [2.24, 2.45) is 0 Å². The van der Waals surface area contributed by atoms with Crippen LogP contribution in [0.3, 0.4) is 0 Å². The minimum Gasteiger partial charge on any atom is -0.462 e. The number of aromatic nitrogens is 1. The number of nitrogens with one attached hydrogen (secondary N) is 1. The lowest BCUT2D eigenvalue weighted by atomic mass is 10.1. The second kappa shape index (κ2) is 6.66. The molecule has 1 N–H and O–H groups in total. The number of hydrogen-bond donors (Lipinski definition) is 1. The molecule has 122 valence electrons. The first-order valence-electron chi connectivity index (χ1n) is 7.50. The number of halogens is 2. The number of H-pyrrole nitrogens is 1. The van der Waals surface area contributed by atoms with Gasteiger partial charge < -0.3 is 9.72 Å². The zero-order chi connectivity index (χ0) is 17.1. The van der Waals surface area contributed by atoms with Crippen molar-refractivity contribution >= 4 is 5.97 Å². The molecule has 3 rings (SSSR count). The summed E-state index contributed by atoms with van der Waals surface area (Å²) in [4.78, 5) is 15.4. The molecular formula is C19H15F2NO2. The van der Waals surface area contributed by atoms with E-state index in [2.05, 4.69) is 4.98 Å². The van der Waals surface area contributed by atoms with Crippen LogP contribution in [0, 0.1) is 11.6 Å². The molecule has 0 spiro atoms. The van der Waals surface area contributed by atoms with Crippen LogP contribution in [0.4, 0.5) is 8.78 Å². The molecule has 0 unspecified atom stereocenters. The van der Waals surface area contributed by atoms with Crippen LogP contribution < -0.4 is 0 Å². The van der Waals surface area contributed by atoms with Gasteiger partial charge in [0.25, 0.3) is 0 Å². The third kappa shape index (κ3) is 3.20. The summed E-state index contributed by atoms with van der Waals surface area (Å²) in [6.45, 7) is 1.97. The molecule has 0 saturated heterocycles. The van der Waals surface area contributed by atoms with Crippen LogP contribution in [0.1, 0.15) is 17.3 Å². The fourth-order valence-electron chi connectivity index (χ4n) is 2.45. The fourth-order valence-corrected chi connectivity index (χ4v) is 2.45. The molecule has 0 atom stereocenters. The van der Waals surface area contributed by atoms with Crippen molar-refractivity contribution in [3.8, 4) is 22.5 Å². The number of carbonyl (C=O) groups excluding carboxylic acids is 1. The van der Waals surface area contributed by atoms with Gasteiger partial charge in [0.15, 0.2) is 0 Å². The van der Waals surface area contributed by atoms with Crippen molar-refractivity contribution in [2.45, 2.75) is 6.92 Å². The predicted octanol–water partition coefficient (Wildman–Crippen LogP) is 4.80. The molecule has 24 heavy (non-hydrogen) atoms. The molecule has 0 radical (unpaired) electrons. The van der Waals surface area contributed by atoms with Gasteiger partial charge in [0.2, 0.25) is 0 Å². The second-order valence-corrected chi connectivity index (χ2v) is 5.21. The molecular weight excluding hydrogens is 312 g/mol. The number of carbonyl (C=O) groups is 1.